The first kappa shape index (κ1) is 15.4. The first-order valence-electron chi connectivity index (χ1n) is 5.60. The van der Waals surface area contributed by atoms with Gasteiger partial charge in [-0.1, -0.05) is 27.5 Å². The number of benzene rings is 2. The van der Waals surface area contributed by atoms with Crippen molar-refractivity contribution in [2.75, 3.05) is 12.4 Å². The number of amides is 1. The quantitative estimate of drug-likeness (QED) is 0.749. The number of nitrogens with one attached hydrogen (secondary N) is 1. The van der Waals surface area contributed by atoms with Gasteiger partial charge in [-0.2, -0.15) is 0 Å². The van der Waals surface area contributed by atoms with Crippen molar-refractivity contribution < 1.29 is 9.53 Å². The molecule has 0 saturated carbocycles. The average molecular weight is 420 g/mol. The number of carbonyl (C=O) groups is 1. The van der Waals surface area contributed by atoms with E-state index in [1.54, 1.807) is 37.4 Å². The molecular formula is C14H10Br2ClNO2. The lowest BCUT2D eigenvalue weighted by molar-refractivity contribution is 0.102. The summed E-state index contributed by atoms with van der Waals surface area (Å²) in [5.74, 6) is 0.410. The summed E-state index contributed by atoms with van der Waals surface area (Å²) in [4.78, 5) is 12.2. The normalized spacial score (nSPS) is 10.2. The van der Waals surface area contributed by atoms with Gasteiger partial charge in [0.2, 0.25) is 0 Å². The SMILES string of the molecule is COc1cc(NC(=O)c2cc(Cl)cc(Br)c2)ccc1Br. The monoisotopic (exact) mass is 417 g/mol. The van der Waals surface area contributed by atoms with Crippen molar-refractivity contribution in [3.05, 3.63) is 55.9 Å². The maximum Gasteiger partial charge on any atom is 0.255 e. The van der Waals surface area contributed by atoms with E-state index >= 15 is 0 Å². The van der Waals surface area contributed by atoms with E-state index in [9.17, 15) is 4.79 Å². The number of methoxy groups -OCH3 is 1. The van der Waals surface area contributed by atoms with Gasteiger partial charge in [-0.15, -0.1) is 0 Å². The lowest BCUT2D eigenvalue weighted by Gasteiger charge is -2.09. The van der Waals surface area contributed by atoms with Gasteiger partial charge in [0.05, 0.1) is 11.6 Å². The molecule has 1 amide bonds. The van der Waals surface area contributed by atoms with Crippen LogP contribution in [0.25, 0.3) is 0 Å². The molecule has 0 aliphatic carbocycles. The highest BCUT2D eigenvalue weighted by Gasteiger charge is 2.09. The molecule has 0 aliphatic heterocycles. The summed E-state index contributed by atoms with van der Waals surface area (Å²) in [5, 5.41) is 3.29. The van der Waals surface area contributed by atoms with E-state index in [2.05, 4.69) is 37.2 Å². The van der Waals surface area contributed by atoms with E-state index in [1.165, 1.54) is 0 Å². The van der Waals surface area contributed by atoms with Crippen LogP contribution in [0, 0.1) is 0 Å². The molecule has 0 aromatic heterocycles. The summed E-state index contributed by atoms with van der Waals surface area (Å²) in [5.41, 5.74) is 1.12. The first-order chi connectivity index (χ1) is 9.49. The topological polar surface area (TPSA) is 38.3 Å². The van der Waals surface area contributed by atoms with Crippen molar-refractivity contribution in [2.24, 2.45) is 0 Å². The van der Waals surface area contributed by atoms with Crippen molar-refractivity contribution >= 4 is 55.1 Å². The van der Waals surface area contributed by atoms with Crippen molar-refractivity contribution in [1.29, 1.82) is 0 Å². The maximum atomic E-state index is 12.2. The fourth-order valence-corrected chi connectivity index (χ4v) is 2.89. The van der Waals surface area contributed by atoms with Crippen molar-refractivity contribution in [2.45, 2.75) is 0 Å². The molecule has 0 bridgehead atoms. The zero-order valence-corrected chi connectivity index (χ0v) is 14.3. The summed E-state index contributed by atoms with van der Waals surface area (Å²) in [6, 6.07) is 10.4. The standard InChI is InChI=1S/C14H10Br2ClNO2/c1-20-13-7-11(2-3-12(13)16)18-14(19)8-4-9(15)6-10(17)5-8/h2-7H,1H3,(H,18,19). The number of carbonyl (C=O) groups excluding carboxylic acids is 1. The Morgan fingerprint density at radius 2 is 1.95 bits per heavy atom. The van der Waals surface area contributed by atoms with Gasteiger partial charge < -0.3 is 10.1 Å². The summed E-state index contributed by atoms with van der Waals surface area (Å²) < 4.78 is 6.76. The number of halogens is 3. The van der Waals surface area contributed by atoms with Crippen LogP contribution in [-0.2, 0) is 0 Å². The highest BCUT2D eigenvalue weighted by atomic mass is 79.9. The second-order valence-corrected chi connectivity index (χ2v) is 6.17. The minimum absolute atomic E-state index is 0.238. The van der Waals surface area contributed by atoms with Crippen LogP contribution in [0.1, 0.15) is 10.4 Å². The fraction of sp³-hybridized carbons (Fsp3) is 0.0714. The van der Waals surface area contributed by atoms with Crippen molar-refractivity contribution in [3.8, 4) is 5.75 Å². The summed E-state index contributed by atoms with van der Waals surface area (Å²) in [6.07, 6.45) is 0. The molecule has 20 heavy (non-hydrogen) atoms. The van der Waals surface area contributed by atoms with Gasteiger partial charge >= 0.3 is 0 Å². The van der Waals surface area contributed by atoms with Crippen molar-refractivity contribution in [3.63, 3.8) is 0 Å². The van der Waals surface area contributed by atoms with Crippen LogP contribution >= 0.6 is 43.5 Å². The molecule has 104 valence electrons. The smallest absolute Gasteiger partial charge is 0.255 e. The molecule has 2 rings (SSSR count). The predicted molar refractivity (Wildman–Crippen MR) is 87.8 cm³/mol. The number of ether oxygens (including phenoxy) is 1. The zero-order valence-electron chi connectivity index (χ0n) is 10.4. The Morgan fingerprint density at radius 3 is 2.60 bits per heavy atom. The van der Waals surface area contributed by atoms with Crippen LogP contribution < -0.4 is 10.1 Å². The third-order valence-electron chi connectivity index (χ3n) is 2.53. The van der Waals surface area contributed by atoms with Crippen LogP contribution in [0.4, 0.5) is 5.69 Å². The van der Waals surface area contributed by atoms with Crippen LogP contribution in [0.15, 0.2) is 45.3 Å². The Kier molecular flexibility index (Phi) is 5.07. The van der Waals surface area contributed by atoms with Gasteiger partial charge in [-0.25, -0.2) is 0 Å². The van der Waals surface area contributed by atoms with E-state index in [0.717, 1.165) is 8.95 Å². The molecule has 6 heteroatoms. The van der Waals surface area contributed by atoms with Crippen LogP contribution in [-0.4, -0.2) is 13.0 Å². The Balaban J connectivity index is 2.23. The minimum Gasteiger partial charge on any atom is -0.495 e. The lowest BCUT2D eigenvalue weighted by atomic mass is 10.2. The molecule has 0 saturated heterocycles. The summed E-state index contributed by atoms with van der Waals surface area (Å²) >= 11 is 12.6. The molecule has 2 aromatic rings. The van der Waals surface area contributed by atoms with Gasteiger partial charge in [-0.05, 0) is 46.3 Å². The molecule has 0 aliphatic rings. The van der Waals surface area contributed by atoms with Gasteiger partial charge in [-0.3, -0.25) is 4.79 Å². The van der Waals surface area contributed by atoms with Crippen LogP contribution in [0.5, 0.6) is 5.75 Å². The Hall–Kier alpha value is -1.04. The van der Waals surface area contributed by atoms with E-state index in [0.29, 0.717) is 22.0 Å². The summed E-state index contributed by atoms with van der Waals surface area (Å²) in [7, 11) is 1.57. The predicted octanol–water partition coefficient (Wildman–Crippen LogP) is 5.13. The number of hydrogen-bond donors (Lipinski definition) is 1. The molecule has 0 spiro atoms. The largest absolute Gasteiger partial charge is 0.495 e. The third-order valence-corrected chi connectivity index (χ3v) is 3.86. The van der Waals surface area contributed by atoms with Crippen LogP contribution in [0.2, 0.25) is 5.02 Å². The Bertz CT molecular complexity index is 641. The number of rotatable bonds is 3. The highest BCUT2D eigenvalue weighted by molar-refractivity contribution is 9.10. The zero-order chi connectivity index (χ0) is 14.7. The van der Waals surface area contributed by atoms with E-state index in [-0.39, 0.29) is 5.91 Å². The average Bonchev–Trinajstić information content (AvgIpc) is 2.39. The van der Waals surface area contributed by atoms with Crippen LogP contribution in [0.3, 0.4) is 0 Å². The Morgan fingerprint density at radius 1 is 1.20 bits per heavy atom. The second kappa shape index (κ2) is 6.61. The molecule has 0 radical (unpaired) electrons. The molecule has 1 N–H and O–H groups in total. The first-order valence-corrected chi connectivity index (χ1v) is 7.57. The van der Waals surface area contributed by atoms with Gasteiger partial charge in [0.25, 0.3) is 5.91 Å². The minimum atomic E-state index is -0.238. The molecule has 2 aromatic carbocycles. The van der Waals surface area contributed by atoms with Gasteiger partial charge in [0, 0.05) is 26.8 Å². The van der Waals surface area contributed by atoms with E-state index < -0.39 is 0 Å². The number of anilines is 1. The summed E-state index contributed by atoms with van der Waals surface area (Å²) in [6.45, 7) is 0. The van der Waals surface area contributed by atoms with E-state index in [1.807, 2.05) is 6.07 Å². The fourth-order valence-electron chi connectivity index (χ4n) is 1.63. The van der Waals surface area contributed by atoms with Gasteiger partial charge in [0.15, 0.2) is 0 Å². The molecule has 0 heterocycles. The molecule has 0 fully saturated rings. The molecular weight excluding hydrogens is 409 g/mol. The number of hydrogen-bond acceptors (Lipinski definition) is 2. The third kappa shape index (κ3) is 3.75. The maximum absolute atomic E-state index is 12.2. The lowest BCUT2D eigenvalue weighted by Crippen LogP contribution is -2.12. The molecule has 3 nitrogen and oxygen atoms in total. The van der Waals surface area contributed by atoms with E-state index in [4.69, 9.17) is 16.3 Å². The molecule has 0 unspecified atom stereocenters. The van der Waals surface area contributed by atoms with Crippen molar-refractivity contribution in [1.82, 2.24) is 0 Å². The second-order valence-electron chi connectivity index (χ2n) is 3.96. The Labute approximate surface area is 138 Å². The van der Waals surface area contributed by atoms with Gasteiger partial charge in [0.1, 0.15) is 5.75 Å². The highest BCUT2D eigenvalue weighted by Crippen LogP contribution is 2.28. The molecule has 0 atom stereocenters.